The van der Waals surface area contributed by atoms with Gasteiger partial charge < -0.3 is 0 Å². The van der Waals surface area contributed by atoms with Crippen LogP contribution in [0, 0.1) is 12.0 Å². The molecule has 0 saturated carbocycles. The summed E-state index contributed by atoms with van der Waals surface area (Å²) >= 11 is -0.826. The van der Waals surface area contributed by atoms with E-state index in [1.807, 2.05) is 6.07 Å². The van der Waals surface area contributed by atoms with E-state index in [0.29, 0.717) is 5.92 Å². The molecule has 0 saturated heterocycles. The molecule has 1 aliphatic heterocycles. The largest absolute Gasteiger partial charge is 0.184 e. The van der Waals surface area contributed by atoms with Gasteiger partial charge in [-0.15, -0.1) is 40.1 Å². The maximum Gasteiger partial charge on any atom is 0.0920 e. The van der Waals surface area contributed by atoms with Crippen molar-refractivity contribution in [2.24, 2.45) is 5.92 Å². The van der Waals surface area contributed by atoms with Crippen molar-refractivity contribution in [2.75, 3.05) is 0 Å². The Morgan fingerprint density at radius 1 is 0.822 bits per heavy atom. The Morgan fingerprint density at radius 2 is 1.44 bits per heavy atom. The van der Waals surface area contributed by atoms with Crippen molar-refractivity contribution in [3.63, 3.8) is 0 Å². The van der Waals surface area contributed by atoms with Gasteiger partial charge in [-0.25, -0.2) is 0 Å². The molecule has 0 aliphatic carbocycles. The van der Waals surface area contributed by atoms with Crippen molar-refractivity contribution in [3.05, 3.63) is 113 Å². The summed E-state index contributed by atoms with van der Waals surface area (Å²) in [7, 11) is 10.7. The summed E-state index contributed by atoms with van der Waals surface area (Å²) in [6.45, 7) is 20.8. The Labute approximate surface area is 293 Å². The van der Waals surface area contributed by atoms with Crippen LogP contribution in [0.4, 0.5) is 0 Å². The van der Waals surface area contributed by atoms with E-state index in [-0.39, 0.29) is 10.8 Å². The number of hydrogen-bond donors (Lipinski definition) is 0. The molecule has 0 fully saturated rings. The van der Waals surface area contributed by atoms with Crippen LogP contribution in [0.5, 0.6) is 0 Å². The van der Waals surface area contributed by atoms with Gasteiger partial charge in [0.15, 0.2) is 0 Å². The predicted octanol–water partition coefficient (Wildman–Crippen LogP) is 11.1. The number of benzene rings is 4. The van der Waals surface area contributed by atoms with Crippen LogP contribution in [0.1, 0.15) is 84.6 Å². The molecule has 6 rings (SSSR count). The van der Waals surface area contributed by atoms with Gasteiger partial charge in [-0.1, -0.05) is 127 Å². The van der Waals surface area contributed by atoms with E-state index in [1.54, 1.807) is 0 Å². The molecule has 0 aromatic heterocycles. The molecule has 0 bridgehead atoms. The smallest absolute Gasteiger partial charge is 0.0920 e. The van der Waals surface area contributed by atoms with Crippen molar-refractivity contribution < 1.29 is 20.8 Å². The van der Waals surface area contributed by atoms with E-state index >= 15 is 0 Å². The molecule has 1 heterocycles. The average molecular weight is 729 g/mol. The maximum absolute atomic E-state index is 4.93. The Hall–Kier alpha value is -1.83. The van der Waals surface area contributed by atoms with Gasteiger partial charge in [0, 0.05) is 0 Å². The molecule has 232 valence electrons. The first-order valence-corrected chi connectivity index (χ1v) is 23.3. The Balaban J connectivity index is 0.000000236. The summed E-state index contributed by atoms with van der Waals surface area (Å²) < 4.78 is 0. The molecule has 5 aromatic rings. The molecule has 0 unspecified atom stereocenters. The number of hydrogen-bond acceptors (Lipinski definition) is 0. The van der Waals surface area contributed by atoms with E-state index < -0.39 is 20.8 Å². The van der Waals surface area contributed by atoms with Crippen LogP contribution in [-0.2, 0) is 44.5 Å². The number of halogens is 2. The first-order valence-electron chi connectivity index (χ1n) is 16.0. The molecule has 2 radical (unpaired) electrons. The molecular formula is C41H46Cl2SiZr. The second kappa shape index (κ2) is 15.4. The topological polar surface area (TPSA) is 0 Å². The van der Waals surface area contributed by atoms with E-state index in [0.717, 1.165) is 22.4 Å². The average Bonchev–Trinajstić information content (AvgIpc) is 3.56. The second-order valence-corrected chi connectivity index (χ2v) is 19.4. The third-order valence-electron chi connectivity index (χ3n) is 8.35. The summed E-state index contributed by atoms with van der Waals surface area (Å²) in [6, 6.07) is 35.0. The number of aryl methyl sites for hydroxylation is 1. The quantitative estimate of drug-likeness (QED) is 0.125. The first-order chi connectivity index (χ1) is 21.3. The second-order valence-electron chi connectivity index (χ2n) is 14.4. The van der Waals surface area contributed by atoms with Gasteiger partial charge in [0.05, 0.1) is 9.52 Å². The maximum atomic E-state index is 4.93. The van der Waals surface area contributed by atoms with Crippen LogP contribution in [0.15, 0.2) is 84.9 Å². The Bertz CT molecular complexity index is 1660. The van der Waals surface area contributed by atoms with Crippen LogP contribution >= 0.6 is 17.0 Å². The van der Waals surface area contributed by atoms with E-state index in [9.17, 15) is 0 Å². The molecule has 0 spiro atoms. The predicted molar refractivity (Wildman–Crippen MR) is 198 cm³/mol. The molecule has 0 atom stereocenters. The van der Waals surface area contributed by atoms with Gasteiger partial charge in [0.1, 0.15) is 0 Å². The van der Waals surface area contributed by atoms with Crippen molar-refractivity contribution in [1.82, 2.24) is 0 Å². The minimum absolute atomic E-state index is 0.130. The fraction of sp³-hybridized carbons (Fsp3) is 0.341. The zero-order valence-corrected chi connectivity index (χ0v) is 33.3. The molecule has 4 heteroatoms. The zero-order valence-electron chi connectivity index (χ0n) is 28.3. The third-order valence-corrected chi connectivity index (χ3v) is 9.72. The first kappa shape index (κ1) is 36.0. The van der Waals surface area contributed by atoms with Crippen LogP contribution in [0.3, 0.4) is 0 Å². The van der Waals surface area contributed by atoms with Gasteiger partial charge in [0.2, 0.25) is 0 Å². The molecule has 0 nitrogen and oxygen atoms in total. The van der Waals surface area contributed by atoms with Crippen molar-refractivity contribution in [3.8, 4) is 22.3 Å². The summed E-state index contributed by atoms with van der Waals surface area (Å²) in [5, 5.41) is 5.63. The van der Waals surface area contributed by atoms with Gasteiger partial charge >= 0.3 is 37.9 Å². The van der Waals surface area contributed by atoms with Crippen LogP contribution in [-0.4, -0.2) is 9.52 Å². The molecule has 0 N–H and O–H groups in total. The Kier molecular flexibility index (Phi) is 12.3. The summed E-state index contributed by atoms with van der Waals surface area (Å²) in [5.41, 5.74) is 11.6. The monoisotopic (exact) mass is 726 g/mol. The number of fused-ring (bicyclic) bond motifs is 4. The van der Waals surface area contributed by atoms with Crippen LogP contribution in [0.2, 0.25) is 0 Å². The van der Waals surface area contributed by atoms with E-state index in [4.69, 9.17) is 17.0 Å². The Morgan fingerprint density at radius 3 is 2.04 bits per heavy atom. The van der Waals surface area contributed by atoms with Crippen LogP contribution in [0.25, 0.3) is 33.0 Å². The van der Waals surface area contributed by atoms with Crippen molar-refractivity contribution in [2.45, 2.75) is 86.0 Å². The fourth-order valence-electron chi connectivity index (χ4n) is 5.98. The molecular weight excluding hydrogens is 683 g/mol. The summed E-state index contributed by atoms with van der Waals surface area (Å²) in [4.78, 5) is 0. The molecule has 45 heavy (non-hydrogen) atoms. The fourth-order valence-corrected chi connectivity index (χ4v) is 7.29. The summed E-state index contributed by atoms with van der Waals surface area (Å²) in [6.07, 6.45) is 2.20. The molecule has 0 amide bonds. The third kappa shape index (κ3) is 8.96. The minimum atomic E-state index is -0.826. The molecule has 5 aromatic carbocycles. The number of rotatable bonds is 4. The zero-order chi connectivity index (χ0) is 32.9. The van der Waals surface area contributed by atoms with Gasteiger partial charge in [-0.3, -0.25) is 0 Å². The minimum Gasteiger partial charge on any atom is -0.184 e. The van der Waals surface area contributed by atoms with Crippen molar-refractivity contribution in [1.29, 1.82) is 0 Å². The van der Waals surface area contributed by atoms with Crippen molar-refractivity contribution >= 4 is 47.7 Å². The van der Waals surface area contributed by atoms with Gasteiger partial charge in [0.25, 0.3) is 0 Å². The van der Waals surface area contributed by atoms with Crippen LogP contribution < -0.4 is 10.4 Å². The van der Waals surface area contributed by atoms with Gasteiger partial charge in [-0.2, -0.15) is 35.5 Å². The summed E-state index contributed by atoms with van der Waals surface area (Å²) in [5.74, 6) is 0.678. The normalized spacial score (nSPS) is 12.1. The van der Waals surface area contributed by atoms with Gasteiger partial charge in [-0.05, 0) is 46.3 Å². The molecule has 1 aliphatic rings. The standard InChI is InChI=1S/C29H39.C12H7Si.2ClH.Zr/c1-10-21-11-12-22-14-20(13-19(2)3)15-26(22)27(21)23-16-24(28(4,5)6)18-25(17-23)29(7,8)9;1-3-7-11-9(5-1)10-6-2-4-8-12(10)13-11;;;/h11-12,14-19H,10,13H2,1-9H3;1-7H;2*1H;/q2*-1;;;+4/p-2. The van der Waals surface area contributed by atoms with E-state index in [2.05, 4.69) is 147 Å². The SMILES string of the molecule is CCc1ccc2[cH-]c(CC(C)C)cc2c1-c1cc(C(C)(C)C)cc(C(C)(C)C)c1.[Cl][Zr+2][Cl].[c-]1cccc2c1[Si]c1ccccc1-2. The van der Waals surface area contributed by atoms with E-state index in [1.165, 1.54) is 65.7 Å².